The Balaban J connectivity index is 1.45. The highest BCUT2D eigenvalue weighted by Crippen LogP contribution is 2.32. The van der Waals surface area contributed by atoms with Gasteiger partial charge in [-0.05, 0) is 41.8 Å². The molecule has 0 radical (unpaired) electrons. The molecule has 4 aromatic rings. The van der Waals surface area contributed by atoms with Crippen LogP contribution in [0.15, 0.2) is 60.5 Å². The second-order valence-corrected chi connectivity index (χ2v) is 7.49. The van der Waals surface area contributed by atoms with Gasteiger partial charge in [-0.3, -0.25) is 4.90 Å². The molecule has 8 heteroatoms. The average molecular weight is 411 g/mol. The van der Waals surface area contributed by atoms with Crippen molar-refractivity contribution in [3.05, 3.63) is 83.1 Å². The molecule has 154 valence electrons. The van der Waals surface area contributed by atoms with Gasteiger partial charge in [0.05, 0.1) is 6.54 Å². The van der Waals surface area contributed by atoms with E-state index in [1.54, 1.807) is 0 Å². The summed E-state index contributed by atoms with van der Waals surface area (Å²) in [5.41, 5.74) is 6.05. The Morgan fingerprint density at radius 1 is 1.00 bits per heavy atom. The highest BCUT2D eigenvalue weighted by molar-refractivity contribution is 5.80. The summed E-state index contributed by atoms with van der Waals surface area (Å²) < 4.78 is 0. The minimum absolute atomic E-state index is 0.219. The van der Waals surface area contributed by atoms with Crippen LogP contribution >= 0.6 is 0 Å². The first-order valence-corrected chi connectivity index (χ1v) is 10.0. The molecule has 0 amide bonds. The minimum atomic E-state index is 0.219. The van der Waals surface area contributed by atoms with E-state index in [0.29, 0.717) is 24.6 Å². The SMILES string of the molecule is Cc1nc(C)c2c(n1)N(Cc1ccc(-c3ccccc3-c3nn[nH]n3)cc1)C(O)=CC2. The van der Waals surface area contributed by atoms with Gasteiger partial charge in [0.1, 0.15) is 11.6 Å². The van der Waals surface area contributed by atoms with Crippen LogP contribution in [-0.4, -0.2) is 35.7 Å². The van der Waals surface area contributed by atoms with E-state index in [0.717, 1.165) is 39.3 Å². The summed E-state index contributed by atoms with van der Waals surface area (Å²) in [4.78, 5) is 10.9. The highest BCUT2D eigenvalue weighted by atomic mass is 16.3. The number of tetrazole rings is 1. The third kappa shape index (κ3) is 3.52. The number of hydrogen-bond acceptors (Lipinski definition) is 7. The summed E-state index contributed by atoms with van der Waals surface area (Å²) in [6.07, 6.45) is 2.44. The van der Waals surface area contributed by atoms with E-state index < -0.39 is 0 Å². The molecule has 0 saturated carbocycles. The quantitative estimate of drug-likeness (QED) is 0.525. The number of rotatable bonds is 4. The van der Waals surface area contributed by atoms with E-state index in [4.69, 9.17) is 0 Å². The van der Waals surface area contributed by atoms with Gasteiger partial charge in [-0.1, -0.05) is 48.5 Å². The number of nitrogens with zero attached hydrogens (tertiary/aromatic N) is 6. The predicted octanol–water partition coefficient (Wildman–Crippen LogP) is 3.90. The van der Waals surface area contributed by atoms with Crippen LogP contribution in [0.5, 0.6) is 0 Å². The lowest BCUT2D eigenvalue weighted by Crippen LogP contribution is -2.28. The molecule has 3 heterocycles. The van der Waals surface area contributed by atoms with Crippen molar-refractivity contribution in [1.29, 1.82) is 0 Å². The Morgan fingerprint density at radius 2 is 1.77 bits per heavy atom. The number of benzene rings is 2. The number of hydrogen-bond donors (Lipinski definition) is 2. The Bertz CT molecular complexity index is 1260. The summed E-state index contributed by atoms with van der Waals surface area (Å²) in [6, 6.07) is 16.2. The molecule has 0 atom stereocenters. The maximum atomic E-state index is 10.5. The van der Waals surface area contributed by atoms with Crippen LogP contribution in [0.4, 0.5) is 5.82 Å². The van der Waals surface area contributed by atoms with Gasteiger partial charge >= 0.3 is 0 Å². The van der Waals surface area contributed by atoms with Gasteiger partial charge in [0.2, 0.25) is 5.82 Å². The zero-order chi connectivity index (χ0) is 21.4. The number of allylic oxidation sites excluding steroid dienone is 1. The van der Waals surface area contributed by atoms with E-state index in [2.05, 4.69) is 54.9 Å². The van der Waals surface area contributed by atoms with Gasteiger partial charge in [0, 0.05) is 23.2 Å². The lowest BCUT2D eigenvalue weighted by atomic mass is 9.98. The molecule has 8 nitrogen and oxygen atoms in total. The number of aromatic amines is 1. The van der Waals surface area contributed by atoms with Crippen molar-refractivity contribution in [3.8, 4) is 22.5 Å². The summed E-state index contributed by atoms with van der Waals surface area (Å²) in [7, 11) is 0. The number of anilines is 1. The van der Waals surface area contributed by atoms with E-state index in [-0.39, 0.29) is 5.88 Å². The van der Waals surface area contributed by atoms with Crippen LogP contribution in [0.1, 0.15) is 22.6 Å². The molecule has 2 aromatic heterocycles. The van der Waals surface area contributed by atoms with Gasteiger partial charge in [-0.2, -0.15) is 5.21 Å². The number of aliphatic hydroxyl groups excluding tert-OH is 1. The lowest BCUT2D eigenvalue weighted by Gasteiger charge is -2.29. The Hall–Kier alpha value is -4.07. The zero-order valence-corrected chi connectivity index (χ0v) is 17.2. The zero-order valence-electron chi connectivity index (χ0n) is 17.2. The summed E-state index contributed by atoms with van der Waals surface area (Å²) in [6.45, 7) is 4.37. The molecule has 0 fully saturated rings. The van der Waals surface area contributed by atoms with E-state index in [1.807, 2.05) is 49.1 Å². The largest absolute Gasteiger partial charge is 0.495 e. The van der Waals surface area contributed by atoms with Gasteiger partial charge in [-0.15, -0.1) is 10.2 Å². The molecule has 0 unspecified atom stereocenters. The Morgan fingerprint density at radius 3 is 2.52 bits per heavy atom. The molecule has 0 spiro atoms. The summed E-state index contributed by atoms with van der Waals surface area (Å²) in [5, 5.41) is 24.9. The number of aliphatic hydroxyl groups is 1. The van der Waals surface area contributed by atoms with Crippen molar-refractivity contribution >= 4 is 5.82 Å². The van der Waals surface area contributed by atoms with Crippen LogP contribution in [0.25, 0.3) is 22.5 Å². The van der Waals surface area contributed by atoms with Crippen molar-refractivity contribution in [2.24, 2.45) is 0 Å². The highest BCUT2D eigenvalue weighted by Gasteiger charge is 2.23. The Kier molecular flexibility index (Phi) is 4.66. The fraction of sp³-hybridized carbons (Fsp3) is 0.174. The minimum Gasteiger partial charge on any atom is -0.495 e. The van der Waals surface area contributed by atoms with Crippen molar-refractivity contribution < 1.29 is 5.11 Å². The number of aryl methyl sites for hydroxylation is 2. The lowest BCUT2D eigenvalue weighted by molar-refractivity contribution is 0.381. The number of fused-ring (bicyclic) bond motifs is 1. The van der Waals surface area contributed by atoms with Gasteiger partial charge in [-0.25, -0.2) is 9.97 Å². The molecule has 0 aliphatic carbocycles. The van der Waals surface area contributed by atoms with Crippen LogP contribution in [0.3, 0.4) is 0 Å². The first-order valence-electron chi connectivity index (χ1n) is 10.0. The van der Waals surface area contributed by atoms with E-state index >= 15 is 0 Å². The Labute approximate surface area is 179 Å². The molecule has 0 saturated heterocycles. The summed E-state index contributed by atoms with van der Waals surface area (Å²) in [5.74, 6) is 2.25. The predicted molar refractivity (Wildman–Crippen MR) is 117 cm³/mol. The number of nitrogens with one attached hydrogen (secondary N) is 1. The van der Waals surface area contributed by atoms with Crippen LogP contribution in [-0.2, 0) is 13.0 Å². The standard InChI is InChI=1S/C23H21N7O/c1-14-18-11-12-21(31)30(23(18)25-15(2)24-14)13-16-7-9-17(10-8-16)19-5-3-4-6-20(19)22-26-28-29-27-22/h3-10,12,31H,11,13H2,1-2H3,(H,26,27,28,29). The molecule has 31 heavy (non-hydrogen) atoms. The fourth-order valence-electron chi connectivity index (χ4n) is 3.93. The third-order valence-corrected chi connectivity index (χ3v) is 5.44. The molecule has 2 aromatic carbocycles. The first-order chi connectivity index (χ1) is 15.1. The molecular weight excluding hydrogens is 390 g/mol. The molecule has 2 N–H and O–H groups in total. The third-order valence-electron chi connectivity index (χ3n) is 5.44. The topological polar surface area (TPSA) is 104 Å². The maximum absolute atomic E-state index is 10.5. The van der Waals surface area contributed by atoms with Gasteiger partial charge in [0.15, 0.2) is 5.88 Å². The number of aromatic nitrogens is 6. The van der Waals surface area contributed by atoms with Crippen LogP contribution in [0.2, 0.25) is 0 Å². The molecule has 0 bridgehead atoms. The van der Waals surface area contributed by atoms with Crippen molar-refractivity contribution in [3.63, 3.8) is 0 Å². The molecule has 5 rings (SSSR count). The molecule has 1 aliphatic heterocycles. The number of H-pyrrole nitrogens is 1. The fourth-order valence-corrected chi connectivity index (χ4v) is 3.93. The van der Waals surface area contributed by atoms with Crippen molar-refractivity contribution in [2.45, 2.75) is 26.8 Å². The maximum Gasteiger partial charge on any atom is 0.205 e. The monoisotopic (exact) mass is 411 g/mol. The van der Waals surface area contributed by atoms with Crippen molar-refractivity contribution in [2.75, 3.05) is 4.90 Å². The molecule has 1 aliphatic rings. The van der Waals surface area contributed by atoms with Crippen molar-refractivity contribution in [1.82, 2.24) is 30.6 Å². The summed E-state index contributed by atoms with van der Waals surface area (Å²) >= 11 is 0. The second-order valence-electron chi connectivity index (χ2n) is 7.49. The van der Waals surface area contributed by atoms with E-state index in [1.165, 1.54) is 0 Å². The van der Waals surface area contributed by atoms with E-state index in [9.17, 15) is 5.11 Å². The second kappa shape index (κ2) is 7.64. The van der Waals surface area contributed by atoms with Gasteiger partial charge < -0.3 is 5.11 Å². The van der Waals surface area contributed by atoms with Gasteiger partial charge in [0.25, 0.3) is 0 Å². The smallest absolute Gasteiger partial charge is 0.205 e. The average Bonchev–Trinajstić information content (AvgIpc) is 3.31. The molecular formula is C23H21N7O. The normalized spacial score (nSPS) is 13.1. The first kappa shape index (κ1) is 18.9. The van der Waals surface area contributed by atoms with Crippen LogP contribution in [0, 0.1) is 13.8 Å². The van der Waals surface area contributed by atoms with Crippen LogP contribution < -0.4 is 4.90 Å².